The van der Waals surface area contributed by atoms with Crippen molar-refractivity contribution in [2.24, 2.45) is 0 Å². The number of hydrogen-bond donors (Lipinski definition) is 0. The molecule has 2 fully saturated rings. The summed E-state index contributed by atoms with van der Waals surface area (Å²) in [7, 11) is 1.78. The van der Waals surface area contributed by atoms with Crippen LogP contribution < -0.4 is 0 Å². The minimum atomic E-state index is -1.11. The van der Waals surface area contributed by atoms with Crippen LogP contribution in [0.25, 0.3) is 0 Å². The lowest BCUT2D eigenvalue weighted by Crippen LogP contribution is -2.44. The van der Waals surface area contributed by atoms with Crippen LogP contribution in [0.5, 0.6) is 0 Å². The van der Waals surface area contributed by atoms with Crippen LogP contribution in [0.4, 0.5) is 9.18 Å². The smallest absolute Gasteiger partial charge is 0.289 e. The first-order chi connectivity index (χ1) is 6.59. The van der Waals surface area contributed by atoms with E-state index >= 15 is 0 Å². The summed E-state index contributed by atoms with van der Waals surface area (Å²) in [4.78, 5) is 25.5. The van der Waals surface area contributed by atoms with Gasteiger partial charge in [-0.1, -0.05) is 11.8 Å². The molecule has 0 saturated carbocycles. The van der Waals surface area contributed by atoms with Crippen LogP contribution in [0.3, 0.4) is 0 Å². The van der Waals surface area contributed by atoms with E-state index in [0.717, 1.165) is 16.7 Å². The first-order valence-corrected chi connectivity index (χ1v) is 5.39. The molecule has 2 atom stereocenters. The van der Waals surface area contributed by atoms with Gasteiger partial charge in [0.15, 0.2) is 0 Å². The molecule has 2 rings (SSSR count). The van der Waals surface area contributed by atoms with Crippen molar-refractivity contribution in [1.82, 2.24) is 9.80 Å². The number of amides is 2. The lowest BCUT2D eigenvalue weighted by atomic mass is 10.2. The summed E-state index contributed by atoms with van der Waals surface area (Å²) in [6.45, 7) is 0.742. The molecule has 2 heterocycles. The third kappa shape index (κ3) is 1.52. The second-order valence-corrected chi connectivity index (χ2v) is 4.55. The second kappa shape index (κ2) is 3.51. The number of hydrogen-bond acceptors (Lipinski definition) is 4. The Morgan fingerprint density at radius 2 is 2.14 bits per heavy atom. The highest BCUT2D eigenvalue weighted by atomic mass is 32.2. The fourth-order valence-electron chi connectivity index (χ4n) is 1.86. The molecule has 0 aromatic heterocycles. The van der Waals surface area contributed by atoms with E-state index in [1.165, 1.54) is 0 Å². The first kappa shape index (κ1) is 9.92. The van der Waals surface area contributed by atoms with Crippen LogP contribution in [0.2, 0.25) is 0 Å². The number of alkyl halides is 1. The minimum Gasteiger partial charge on any atom is -0.301 e. The highest BCUT2D eigenvalue weighted by Crippen LogP contribution is 2.27. The predicted molar refractivity (Wildman–Crippen MR) is 50.9 cm³/mol. The van der Waals surface area contributed by atoms with Crippen molar-refractivity contribution in [3.8, 4) is 0 Å². The van der Waals surface area contributed by atoms with Gasteiger partial charge in [-0.05, 0) is 7.05 Å². The number of thioether (sulfide) groups is 1. The van der Waals surface area contributed by atoms with Crippen LogP contribution in [0.15, 0.2) is 0 Å². The molecule has 0 bridgehead atoms. The number of imide groups is 1. The molecule has 2 aliphatic heterocycles. The maximum absolute atomic E-state index is 13.4. The van der Waals surface area contributed by atoms with Gasteiger partial charge in [-0.25, -0.2) is 4.39 Å². The van der Waals surface area contributed by atoms with Gasteiger partial charge in [0.1, 0.15) is 6.17 Å². The van der Waals surface area contributed by atoms with E-state index in [-0.39, 0.29) is 16.9 Å². The Labute approximate surface area is 85.4 Å². The van der Waals surface area contributed by atoms with Crippen molar-refractivity contribution in [3.63, 3.8) is 0 Å². The number of carbonyl (C=O) groups excluding carboxylic acids is 2. The molecule has 6 heteroatoms. The SMILES string of the molecule is CN1C[C@@H](F)[C@H](N2C(=O)CSC2=O)C1. The van der Waals surface area contributed by atoms with E-state index in [9.17, 15) is 14.0 Å². The van der Waals surface area contributed by atoms with Gasteiger partial charge >= 0.3 is 0 Å². The monoisotopic (exact) mass is 218 g/mol. The van der Waals surface area contributed by atoms with Crippen LogP contribution in [0.1, 0.15) is 0 Å². The van der Waals surface area contributed by atoms with Crippen LogP contribution in [0, 0.1) is 0 Å². The van der Waals surface area contributed by atoms with Crippen molar-refractivity contribution in [3.05, 3.63) is 0 Å². The zero-order valence-electron chi connectivity index (χ0n) is 7.77. The molecule has 0 N–H and O–H groups in total. The molecule has 0 aromatic carbocycles. The van der Waals surface area contributed by atoms with Gasteiger partial charge in [-0.15, -0.1) is 0 Å². The summed E-state index contributed by atoms with van der Waals surface area (Å²) in [6, 6.07) is -0.574. The molecule has 4 nitrogen and oxygen atoms in total. The fourth-order valence-corrected chi connectivity index (χ4v) is 2.62. The molecule has 0 radical (unpaired) electrons. The standard InChI is InChI=1S/C8H11FN2O2S/c1-10-2-5(9)6(3-10)11-7(12)4-14-8(11)13/h5-6H,2-4H2,1H3/t5-,6-/m1/s1. The van der Waals surface area contributed by atoms with E-state index in [1.54, 1.807) is 11.9 Å². The van der Waals surface area contributed by atoms with Crippen LogP contribution >= 0.6 is 11.8 Å². The van der Waals surface area contributed by atoms with Crippen molar-refractivity contribution < 1.29 is 14.0 Å². The Morgan fingerprint density at radius 3 is 2.57 bits per heavy atom. The molecule has 78 valence electrons. The minimum absolute atomic E-state index is 0.158. The van der Waals surface area contributed by atoms with E-state index in [2.05, 4.69) is 0 Å². The Balaban J connectivity index is 2.14. The van der Waals surface area contributed by atoms with Crippen molar-refractivity contribution in [1.29, 1.82) is 0 Å². The summed E-state index contributed by atoms with van der Waals surface area (Å²) in [6.07, 6.45) is -1.11. The van der Waals surface area contributed by atoms with E-state index in [1.807, 2.05) is 0 Å². The molecule has 0 aliphatic carbocycles. The number of likely N-dealkylation sites (N-methyl/N-ethyl adjacent to an activating group) is 1. The Kier molecular flexibility index (Phi) is 2.48. The zero-order chi connectivity index (χ0) is 10.3. The number of nitrogens with zero attached hydrogens (tertiary/aromatic N) is 2. The van der Waals surface area contributed by atoms with Gasteiger partial charge in [-0.2, -0.15) is 0 Å². The summed E-state index contributed by atoms with van der Waals surface area (Å²) >= 11 is 0.956. The lowest BCUT2D eigenvalue weighted by molar-refractivity contribution is -0.126. The Hall–Kier alpha value is -0.620. The first-order valence-electron chi connectivity index (χ1n) is 4.41. The van der Waals surface area contributed by atoms with Crippen LogP contribution in [-0.4, -0.2) is 59.0 Å². The normalized spacial score (nSPS) is 34.6. The number of likely N-dealkylation sites (tertiary alicyclic amines) is 1. The fraction of sp³-hybridized carbons (Fsp3) is 0.750. The number of rotatable bonds is 1. The largest absolute Gasteiger partial charge is 0.301 e. The Morgan fingerprint density at radius 1 is 1.43 bits per heavy atom. The molecule has 2 aliphatic rings. The van der Waals surface area contributed by atoms with Gasteiger partial charge in [0.25, 0.3) is 5.24 Å². The highest BCUT2D eigenvalue weighted by Gasteiger charge is 2.43. The maximum atomic E-state index is 13.4. The summed E-state index contributed by atoms with van der Waals surface area (Å²) < 4.78 is 13.4. The van der Waals surface area contributed by atoms with Crippen LogP contribution in [-0.2, 0) is 4.79 Å². The van der Waals surface area contributed by atoms with Crippen molar-refractivity contribution in [2.75, 3.05) is 25.9 Å². The molecular formula is C8H11FN2O2S. The number of carbonyl (C=O) groups is 2. The molecule has 0 unspecified atom stereocenters. The van der Waals surface area contributed by atoms with Crippen molar-refractivity contribution in [2.45, 2.75) is 12.2 Å². The molecule has 0 aromatic rings. The van der Waals surface area contributed by atoms with E-state index < -0.39 is 12.2 Å². The molecule has 2 saturated heterocycles. The van der Waals surface area contributed by atoms with E-state index in [0.29, 0.717) is 13.1 Å². The topological polar surface area (TPSA) is 40.6 Å². The third-order valence-corrected chi connectivity index (χ3v) is 3.35. The average Bonchev–Trinajstić information content (AvgIpc) is 2.57. The van der Waals surface area contributed by atoms with Crippen molar-refractivity contribution >= 4 is 22.9 Å². The third-order valence-electron chi connectivity index (χ3n) is 2.52. The quantitative estimate of drug-likeness (QED) is 0.636. The Bertz CT molecular complexity index is 271. The highest BCUT2D eigenvalue weighted by molar-refractivity contribution is 8.14. The molecule has 14 heavy (non-hydrogen) atoms. The summed E-state index contributed by atoms with van der Waals surface area (Å²) in [5, 5.41) is -0.307. The molecule has 2 amide bonds. The summed E-state index contributed by atoms with van der Waals surface area (Å²) in [5.74, 6) is -0.103. The van der Waals surface area contributed by atoms with Gasteiger partial charge < -0.3 is 4.90 Å². The summed E-state index contributed by atoms with van der Waals surface area (Å²) in [5.41, 5.74) is 0. The lowest BCUT2D eigenvalue weighted by Gasteiger charge is -2.22. The second-order valence-electron chi connectivity index (χ2n) is 3.62. The van der Waals surface area contributed by atoms with Gasteiger partial charge in [-0.3, -0.25) is 14.5 Å². The van der Waals surface area contributed by atoms with E-state index in [4.69, 9.17) is 0 Å². The van der Waals surface area contributed by atoms with Gasteiger partial charge in [0, 0.05) is 13.1 Å². The van der Waals surface area contributed by atoms with Gasteiger partial charge in [0.2, 0.25) is 5.91 Å². The average molecular weight is 218 g/mol. The van der Waals surface area contributed by atoms with Gasteiger partial charge in [0.05, 0.1) is 11.8 Å². The zero-order valence-corrected chi connectivity index (χ0v) is 8.59. The predicted octanol–water partition coefficient (Wildman–Crippen LogP) is 0.334. The molecular weight excluding hydrogens is 207 g/mol. The molecule has 0 spiro atoms. The number of halogens is 1. The maximum Gasteiger partial charge on any atom is 0.289 e.